The summed E-state index contributed by atoms with van der Waals surface area (Å²) in [4.78, 5) is 6.36. The summed E-state index contributed by atoms with van der Waals surface area (Å²) in [5.41, 5.74) is 2.08. The van der Waals surface area contributed by atoms with Gasteiger partial charge >= 0.3 is 0 Å². The topological polar surface area (TPSA) is 76.3 Å². The summed E-state index contributed by atoms with van der Waals surface area (Å²) >= 11 is 0. The fourth-order valence-corrected chi connectivity index (χ4v) is 4.41. The Morgan fingerprint density at radius 3 is 2.68 bits per heavy atom. The SMILES string of the molecule is Cc1ccc(-c2noc(CN(C)[C@@H]3CCS(=O)(=O)C3)n2)cc1. The fraction of sp³-hybridized carbons (Fsp3) is 0.467. The van der Waals surface area contributed by atoms with Crippen LogP contribution in [0.5, 0.6) is 0 Å². The van der Waals surface area contributed by atoms with Gasteiger partial charge in [-0.2, -0.15) is 4.98 Å². The molecule has 1 aromatic heterocycles. The van der Waals surface area contributed by atoms with Crippen molar-refractivity contribution in [3.63, 3.8) is 0 Å². The van der Waals surface area contributed by atoms with Crippen LogP contribution >= 0.6 is 0 Å². The maximum absolute atomic E-state index is 11.5. The highest BCUT2D eigenvalue weighted by Gasteiger charge is 2.31. The Labute approximate surface area is 130 Å². The second-order valence-electron chi connectivity index (χ2n) is 5.85. The van der Waals surface area contributed by atoms with Crippen LogP contribution in [-0.4, -0.2) is 48.1 Å². The van der Waals surface area contributed by atoms with Crippen LogP contribution in [0, 0.1) is 6.92 Å². The lowest BCUT2D eigenvalue weighted by molar-refractivity contribution is 0.218. The molecular formula is C15H19N3O3S. The lowest BCUT2D eigenvalue weighted by Crippen LogP contribution is -2.32. The smallest absolute Gasteiger partial charge is 0.241 e. The van der Waals surface area contributed by atoms with Crippen molar-refractivity contribution in [1.29, 1.82) is 0 Å². The van der Waals surface area contributed by atoms with E-state index in [0.29, 0.717) is 24.7 Å². The minimum atomic E-state index is -2.88. The van der Waals surface area contributed by atoms with Crippen LogP contribution in [0.4, 0.5) is 0 Å². The van der Waals surface area contributed by atoms with E-state index in [-0.39, 0.29) is 17.5 Å². The maximum atomic E-state index is 11.5. The van der Waals surface area contributed by atoms with E-state index in [1.165, 1.54) is 5.56 Å². The van der Waals surface area contributed by atoms with Crippen LogP contribution in [0.25, 0.3) is 11.4 Å². The number of sulfone groups is 1. The largest absolute Gasteiger partial charge is 0.338 e. The van der Waals surface area contributed by atoms with Gasteiger partial charge in [0.2, 0.25) is 11.7 Å². The summed E-state index contributed by atoms with van der Waals surface area (Å²) in [7, 11) is -0.993. The zero-order chi connectivity index (χ0) is 15.7. The van der Waals surface area contributed by atoms with Gasteiger partial charge in [0.1, 0.15) is 0 Å². The monoisotopic (exact) mass is 321 g/mol. The van der Waals surface area contributed by atoms with Crippen LogP contribution in [0.2, 0.25) is 0 Å². The molecule has 3 rings (SSSR count). The summed E-state index contributed by atoms with van der Waals surface area (Å²) in [5.74, 6) is 1.54. The Bertz CT molecular complexity index is 753. The van der Waals surface area contributed by atoms with E-state index in [9.17, 15) is 8.42 Å². The van der Waals surface area contributed by atoms with Gasteiger partial charge in [-0.15, -0.1) is 0 Å². The molecule has 6 nitrogen and oxygen atoms in total. The lowest BCUT2D eigenvalue weighted by atomic mass is 10.1. The third kappa shape index (κ3) is 3.36. The predicted molar refractivity (Wildman–Crippen MR) is 83.0 cm³/mol. The molecule has 1 aliphatic heterocycles. The first-order chi connectivity index (χ1) is 10.4. The van der Waals surface area contributed by atoms with Crippen LogP contribution in [0.3, 0.4) is 0 Å². The Kier molecular flexibility index (Phi) is 4.01. The Hall–Kier alpha value is -1.73. The number of nitrogens with zero attached hydrogens (tertiary/aromatic N) is 3. The average molecular weight is 321 g/mol. The highest BCUT2D eigenvalue weighted by atomic mass is 32.2. The van der Waals surface area contributed by atoms with Crippen molar-refractivity contribution in [2.24, 2.45) is 0 Å². The molecule has 2 aromatic rings. The first kappa shape index (κ1) is 15.2. The van der Waals surface area contributed by atoms with E-state index in [1.54, 1.807) is 0 Å². The fourth-order valence-electron chi connectivity index (χ4n) is 2.60. The molecule has 1 aromatic carbocycles. The van der Waals surface area contributed by atoms with Gasteiger partial charge < -0.3 is 4.52 Å². The third-order valence-corrected chi connectivity index (χ3v) is 5.74. The van der Waals surface area contributed by atoms with Crippen molar-refractivity contribution < 1.29 is 12.9 Å². The summed E-state index contributed by atoms with van der Waals surface area (Å²) in [5, 5.41) is 3.99. The van der Waals surface area contributed by atoms with Crippen molar-refractivity contribution in [2.75, 3.05) is 18.6 Å². The highest BCUT2D eigenvalue weighted by Crippen LogP contribution is 2.20. The minimum Gasteiger partial charge on any atom is -0.338 e. The van der Waals surface area contributed by atoms with Gasteiger partial charge in [0.15, 0.2) is 9.84 Å². The molecule has 0 N–H and O–H groups in total. The molecule has 1 fully saturated rings. The number of hydrogen-bond donors (Lipinski definition) is 0. The Balaban J connectivity index is 1.68. The van der Waals surface area contributed by atoms with Crippen molar-refractivity contribution in [2.45, 2.75) is 25.9 Å². The second-order valence-corrected chi connectivity index (χ2v) is 8.08. The summed E-state index contributed by atoms with van der Waals surface area (Å²) in [6, 6.07) is 7.94. The maximum Gasteiger partial charge on any atom is 0.241 e. The number of aryl methyl sites for hydroxylation is 1. The molecule has 0 amide bonds. The van der Waals surface area contributed by atoms with Crippen molar-refractivity contribution in [1.82, 2.24) is 15.0 Å². The molecule has 0 radical (unpaired) electrons. The molecule has 0 bridgehead atoms. The zero-order valence-corrected chi connectivity index (χ0v) is 13.5. The molecule has 0 aliphatic carbocycles. The normalized spacial score (nSPS) is 20.6. The van der Waals surface area contributed by atoms with Gasteiger partial charge in [0.05, 0.1) is 18.1 Å². The summed E-state index contributed by atoms with van der Waals surface area (Å²) in [6.45, 7) is 2.48. The average Bonchev–Trinajstić information content (AvgIpc) is 3.06. The zero-order valence-electron chi connectivity index (χ0n) is 12.7. The molecule has 0 unspecified atom stereocenters. The van der Waals surface area contributed by atoms with Crippen molar-refractivity contribution in [3.8, 4) is 11.4 Å². The van der Waals surface area contributed by atoms with Gasteiger partial charge in [0.25, 0.3) is 0 Å². The van der Waals surface area contributed by atoms with Crippen LogP contribution in [0.1, 0.15) is 17.9 Å². The van der Waals surface area contributed by atoms with E-state index in [1.807, 2.05) is 43.1 Å². The van der Waals surface area contributed by atoms with Crippen LogP contribution in [0.15, 0.2) is 28.8 Å². The summed E-state index contributed by atoms with van der Waals surface area (Å²) < 4.78 is 28.4. The molecule has 1 atom stereocenters. The quantitative estimate of drug-likeness (QED) is 0.852. The predicted octanol–water partition coefficient (Wildman–Crippen LogP) is 1.66. The molecule has 2 heterocycles. The van der Waals surface area contributed by atoms with Gasteiger partial charge in [-0.1, -0.05) is 35.0 Å². The highest BCUT2D eigenvalue weighted by molar-refractivity contribution is 7.91. The first-order valence-corrected chi connectivity index (χ1v) is 9.05. The van der Waals surface area contributed by atoms with Gasteiger partial charge in [-0.3, -0.25) is 4.90 Å². The van der Waals surface area contributed by atoms with E-state index >= 15 is 0 Å². The van der Waals surface area contributed by atoms with Gasteiger partial charge in [-0.25, -0.2) is 8.42 Å². The van der Waals surface area contributed by atoms with Crippen LogP contribution in [-0.2, 0) is 16.4 Å². The van der Waals surface area contributed by atoms with Crippen LogP contribution < -0.4 is 0 Å². The molecule has 1 aliphatic rings. The Morgan fingerprint density at radius 1 is 1.32 bits per heavy atom. The van der Waals surface area contributed by atoms with Crippen molar-refractivity contribution in [3.05, 3.63) is 35.7 Å². The van der Waals surface area contributed by atoms with E-state index in [4.69, 9.17) is 4.52 Å². The Morgan fingerprint density at radius 2 is 2.05 bits per heavy atom. The minimum absolute atomic E-state index is 0.0275. The molecule has 7 heteroatoms. The molecule has 0 spiro atoms. The second kappa shape index (κ2) is 5.81. The first-order valence-electron chi connectivity index (χ1n) is 7.23. The number of hydrogen-bond acceptors (Lipinski definition) is 6. The molecule has 1 saturated heterocycles. The number of benzene rings is 1. The van der Waals surface area contributed by atoms with Crippen molar-refractivity contribution >= 4 is 9.84 Å². The van der Waals surface area contributed by atoms with E-state index in [0.717, 1.165) is 5.56 Å². The van der Waals surface area contributed by atoms with Gasteiger partial charge in [-0.05, 0) is 20.4 Å². The number of rotatable bonds is 4. The molecule has 22 heavy (non-hydrogen) atoms. The summed E-state index contributed by atoms with van der Waals surface area (Å²) in [6.07, 6.45) is 0.664. The van der Waals surface area contributed by atoms with E-state index in [2.05, 4.69) is 10.1 Å². The number of aromatic nitrogens is 2. The third-order valence-electron chi connectivity index (χ3n) is 3.99. The van der Waals surface area contributed by atoms with Gasteiger partial charge in [0, 0.05) is 11.6 Å². The van der Waals surface area contributed by atoms with E-state index < -0.39 is 9.84 Å². The standard InChI is InChI=1S/C15H19N3O3S/c1-11-3-5-12(6-4-11)15-16-14(21-17-15)9-18(2)13-7-8-22(19,20)10-13/h3-6,13H,7-10H2,1-2H3/t13-/m1/s1. The molecule has 118 valence electrons. The molecular weight excluding hydrogens is 302 g/mol. The molecule has 0 saturated carbocycles. The lowest BCUT2D eigenvalue weighted by Gasteiger charge is -2.20.